The summed E-state index contributed by atoms with van der Waals surface area (Å²) in [5, 5.41) is 4.55. The highest BCUT2D eigenvalue weighted by atomic mass is 32.2. The first-order chi connectivity index (χ1) is 10.7. The van der Waals surface area contributed by atoms with E-state index in [0.717, 1.165) is 27.6 Å². The number of hydrogen-bond donors (Lipinski definition) is 1. The first-order valence-corrected chi connectivity index (χ1v) is 8.24. The standard InChI is InChI=1S/C16H22FN3OS/c1-3-10-21-11-15-16(12(2)19-20(15)9-8-18)22-14-6-4-13(17)5-7-14/h4-7H,3,8-11,18H2,1-2H3. The lowest BCUT2D eigenvalue weighted by Crippen LogP contribution is -2.14. The number of benzene rings is 1. The molecule has 1 aromatic heterocycles. The van der Waals surface area contributed by atoms with Crippen molar-refractivity contribution in [3.05, 3.63) is 41.5 Å². The molecule has 0 amide bonds. The molecule has 0 radical (unpaired) electrons. The zero-order chi connectivity index (χ0) is 15.9. The van der Waals surface area contributed by atoms with Gasteiger partial charge in [-0.3, -0.25) is 4.68 Å². The van der Waals surface area contributed by atoms with Gasteiger partial charge in [-0.25, -0.2) is 4.39 Å². The van der Waals surface area contributed by atoms with Gasteiger partial charge in [-0.2, -0.15) is 5.10 Å². The van der Waals surface area contributed by atoms with Crippen molar-refractivity contribution < 1.29 is 9.13 Å². The van der Waals surface area contributed by atoms with Gasteiger partial charge in [0.1, 0.15) is 5.82 Å². The van der Waals surface area contributed by atoms with Crippen molar-refractivity contribution in [1.29, 1.82) is 0 Å². The number of aryl methyl sites for hydroxylation is 1. The van der Waals surface area contributed by atoms with Crippen LogP contribution in [-0.2, 0) is 17.9 Å². The third-order valence-electron chi connectivity index (χ3n) is 3.13. The number of hydrogen-bond acceptors (Lipinski definition) is 4. The van der Waals surface area contributed by atoms with Crippen LogP contribution in [0.4, 0.5) is 4.39 Å². The van der Waals surface area contributed by atoms with E-state index in [1.54, 1.807) is 23.9 Å². The molecule has 2 rings (SSSR count). The Balaban J connectivity index is 2.25. The molecule has 6 heteroatoms. The Kier molecular flexibility index (Phi) is 6.42. The van der Waals surface area contributed by atoms with E-state index < -0.39 is 0 Å². The largest absolute Gasteiger partial charge is 0.375 e. The smallest absolute Gasteiger partial charge is 0.123 e. The van der Waals surface area contributed by atoms with Crippen molar-refractivity contribution in [2.45, 2.75) is 43.2 Å². The monoisotopic (exact) mass is 323 g/mol. The minimum atomic E-state index is -0.230. The van der Waals surface area contributed by atoms with E-state index >= 15 is 0 Å². The number of nitrogens with two attached hydrogens (primary N) is 1. The van der Waals surface area contributed by atoms with Crippen LogP contribution in [0.5, 0.6) is 0 Å². The lowest BCUT2D eigenvalue weighted by molar-refractivity contribution is 0.114. The first-order valence-electron chi connectivity index (χ1n) is 7.43. The number of halogens is 1. The Morgan fingerprint density at radius 2 is 2.05 bits per heavy atom. The number of nitrogens with zero attached hydrogens (tertiary/aromatic N) is 2. The SMILES string of the molecule is CCCOCc1c(Sc2ccc(F)cc2)c(C)nn1CCN. The molecule has 22 heavy (non-hydrogen) atoms. The quantitative estimate of drug-likeness (QED) is 0.757. The molecule has 0 fully saturated rings. The van der Waals surface area contributed by atoms with E-state index in [9.17, 15) is 4.39 Å². The van der Waals surface area contributed by atoms with Crippen LogP contribution >= 0.6 is 11.8 Å². The summed E-state index contributed by atoms with van der Waals surface area (Å²) < 4.78 is 20.6. The molecule has 120 valence electrons. The zero-order valence-electron chi connectivity index (χ0n) is 13.0. The van der Waals surface area contributed by atoms with Crippen LogP contribution in [-0.4, -0.2) is 22.9 Å². The highest BCUT2D eigenvalue weighted by Gasteiger charge is 2.16. The van der Waals surface area contributed by atoms with Gasteiger partial charge in [0.05, 0.1) is 29.4 Å². The van der Waals surface area contributed by atoms with Crippen molar-refractivity contribution in [1.82, 2.24) is 9.78 Å². The molecule has 0 aliphatic heterocycles. The Morgan fingerprint density at radius 3 is 2.68 bits per heavy atom. The summed E-state index contributed by atoms with van der Waals surface area (Å²) in [7, 11) is 0. The molecule has 1 heterocycles. The number of aromatic nitrogens is 2. The molecule has 0 saturated heterocycles. The van der Waals surface area contributed by atoms with Crippen LogP contribution < -0.4 is 5.73 Å². The summed E-state index contributed by atoms with van der Waals surface area (Å²) in [4.78, 5) is 2.05. The molecule has 0 bridgehead atoms. The van der Waals surface area contributed by atoms with Gasteiger partial charge in [0.25, 0.3) is 0 Å². The summed E-state index contributed by atoms with van der Waals surface area (Å²) in [6.45, 7) is 6.47. The van der Waals surface area contributed by atoms with Crippen molar-refractivity contribution in [2.75, 3.05) is 13.2 Å². The number of ether oxygens (including phenoxy) is 1. The Bertz CT molecular complexity index is 598. The predicted octanol–water partition coefficient (Wildman–Crippen LogP) is 3.37. The van der Waals surface area contributed by atoms with E-state index in [-0.39, 0.29) is 5.82 Å². The van der Waals surface area contributed by atoms with Crippen LogP contribution in [0, 0.1) is 12.7 Å². The van der Waals surface area contributed by atoms with Crippen LogP contribution in [0.15, 0.2) is 34.1 Å². The summed E-state index contributed by atoms with van der Waals surface area (Å²) in [6.07, 6.45) is 0.977. The molecule has 0 aliphatic rings. The maximum atomic E-state index is 13.0. The minimum absolute atomic E-state index is 0.230. The molecule has 1 aromatic carbocycles. The topological polar surface area (TPSA) is 53.1 Å². The zero-order valence-corrected chi connectivity index (χ0v) is 13.8. The molecule has 2 N–H and O–H groups in total. The Morgan fingerprint density at radius 1 is 1.32 bits per heavy atom. The second kappa shape index (κ2) is 8.31. The molecule has 4 nitrogen and oxygen atoms in total. The highest BCUT2D eigenvalue weighted by molar-refractivity contribution is 7.99. The predicted molar refractivity (Wildman–Crippen MR) is 86.5 cm³/mol. The van der Waals surface area contributed by atoms with Crippen molar-refractivity contribution in [3.8, 4) is 0 Å². The lowest BCUT2D eigenvalue weighted by atomic mass is 10.3. The average Bonchev–Trinajstić information content (AvgIpc) is 2.78. The minimum Gasteiger partial charge on any atom is -0.375 e. The highest BCUT2D eigenvalue weighted by Crippen LogP contribution is 2.33. The third-order valence-corrected chi connectivity index (χ3v) is 4.38. The van der Waals surface area contributed by atoms with E-state index in [1.807, 2.05) is 11.6 Å². The summed E-state index contributed by atoms with van der Waals surface area (Å²) in [6, 6.07) is 6.48. The van der Waals surface area contributed by atoms with E-state index in [0.29, 0.717) is 26.3 Å². The van der Waals surface area contributed by atoms with Gasteiger partial charge < -0.3 is 10.5 Å². The van der Waals surface area contributed by atoms with E-state index in [4.69, 9.17) is 10.5 Å². The third kappa shape index (κ3) is 4.32. The van der Waals surface area contributed by atoms with Gasteiger partial charge in [0.15, 0.2) is 0 Å². The van der Waals surface area contributed by atoms with Crippen LogP contribution in [0.1, 0.15) is 24.7 Å². The van der Waals surface area contributed by atoms with Gasteiger partial charge in [-0.1, -0.05) is 18.7 Å². The van der Waals surface area contributed by atoms with Crippen molar-refractivity contribution >= 4 is 11.8 Å². The summed E-state index contributed by atoms with van der Waals surface area (Å²) >= 11 is 1.58. The second-order valence-electron chi connectivity index (χ2n) is 4.98. The fraction of sp³-hybridized carbons (Fsp3) is 0.438. The van der Waals surface area contributed by atoms with E-state index in [2.05, 4.69) is 12.0 Å². The maximum Gasteiger partial charge on any atom is 0.123 e. The molecule has 0 unspecified atom stereocenters. The van der Waals surface area contributed by atoms with Crippen molar-refractivity contribution in [3.63, 3.8) is 0 Å². The number of rotatable bonds is 8. The average molecular weight is 323 g/mol. The fourth-order valence-corrected chi connectivity index (χ4v) is 3.11. The van der Waals surface area contributed by atoms with Crippen LogP contribution in [0.3, 0.4) is 0 Å². The summed E-state index contributed by atoms with van der Waals surface area (Å²) in [5.74, 6) is -0.230. The normalized spacial score (nSPS) is 11.1. The van der Waals surface area contributed by atoms with Gasteiger partial charge in [-0.05, 0) is 37.6 Å². The molecule has 2 aromatic rings. The van der Waals surface area contributed by atoms with Crippen molar-refractivity contribution in [2.24, 2.45) is 5.73 Å². The molecule has 0 saturated carbocycles. The molecule has 0 atom stereocenters. The van der Waals surface area contributed by atoms with Gasteiger partial charge in [0.2, 0.25) is 0 Å². The van der Waals surface area contributed by atoms with Gasteiger partial charge >= 0.3 is 0 Å². The molecule has 0 aliphatic carbocycles. The Labute approximate surface area is 134 Å². The lowest BCUT2D eigenvalue weighted by Gasteiger charge is -2.09. The van der Waals surface area contributed by atoms with Crippen LogP contribution in [0.25, 0.3) is 0 Å². The maximum absolute atomic E-state index is 13.0. The summed E-state index contributed by atoms with van der Waals surface area (Å²) in [5.41, 5.74) is 7.64. The molecule has 0 spiro atoms. The molecular formula is C16H22FN3OS. The second-order valence-corrected chi connectivity index (χ2v) is 6.07. The fourth-order valence-electron chi connectivity index (χ4n) is 2.13. The van der Waals surface area contributed by atoms with E-state index in [1.165, 1.54) is 12.1 Å². The van der Waals surface area contributed by atoms with Crippen LogP contribution in [0.2, 0.25) is 0 Å². The van der Waals surface area contributed by atoms with Gasteiger partial charge in [-0.15, -0.1) is 0 Å². The molecular weight excluding hydrogens is 301 g/mol. The van der Waals surface area contributed by atoms with Gasteiger partial charge in [0, 0.05) is 18.0 Å². The Hall–Kier alpha value is -1.37. The first kappa shape index (κ1) is 17.0.